The summed E-state index contributed by atoms with van der Waals surface area (Å²) in [5.41, 5.74) is 3.33. The fourth-order valence-electron chi connectivity index (χ4n) is 5.52. The molecule has 3 aliphatic rings. The maximum absolute atomic E-state index is 13.6. The predicted octanol–water partition coefficient (Wildman–Crippen LogP) is 7.51. The highest BCUT2D eigenvalue weighted by Gasteiger charge is 2.60. The lowest BCUT2D eigenvalue weighted by Gasteiger charge is -2.20. The summed E-state index contributed by atoms with van der Waals surface area (Å²) in [4.78, 5) is 27.0. The van der Waals surface area contributed by atoms with Gasteiger partial charge in [0.25, 0.3) is 0 Å². The zero-order valence-electron chi connectivity index (χ0n) is 20.6. The third kappa shape index (κ3) is 3.83. The molecule has 0 bridgehead atoms. The molecule has 1 spiro atoms. The number of ether oxygens (including phenoxy) is 1. The van der Waals surface area contributed by atoms with Gasteiger partial charge in [-0.25, -0.2) is 4.79 Å². The molecule has 3 aromatic carbocycles. The van der Waals surface area contributed by atoms with Crippen molar-refractivity contribution in [2.24, 2.45) is 0 Å². The first kappa shape index (κ1) is 24.2. The summed E-state index contributed by atoms with van der Waals surface area (Å²) in [6.07, 6.45) is 3.46. The molecule has 0 unspecified atom stereocenters. The van der Waals surface area contributed by atoms with Crippen LogP contribution in [0.25, 0.3) is 11.3 Å². The van der Waals surface area contributed by atoms with E-state index < -0.39 is 11.4 Å². The summed E-state index contributed by atoms with van der Waals surface area (Å²) in [5.74, 6) is 0.495. The van der Waals surface area contributed by atoms with Crippen LogP contribution in [0.4, 0.5) is 11.4 Å². The Morgan fingerprint density at radius 1 is 1.05 bits per heavy atom. The molecule has 2 fully saturated rings. The van der Waals surface area contributed by atoms with E-state index in [-0.39, 0.29) is 18.1 Å². The van der Waals surface area contributed by atoms with Crippen LogP contribution in [0.2, 0.25) is 10.0 Å². The Balaban J connectivity index is 1.24. The van der Waals surface area contributed by atoms with Gasteiger partial charge in [0.05, 0.1) is 38.0 Å². The second kappa shape index (κ2) is 8.86. The molecular weight excluding hydrogens is 539 g/mol. The topological polar surface area (TPSA) is 92.9 Å². The van der Waals surface area contributed by atoms with Crippen molar-refractivity contribution in [3.05, 3.63) is 93.2 Å². The molecule has 9 heteroatoms. The lowest BCUT2D eigenvalue weighted by Crippen LogP contribution is -2.29. The standard InChI is InChI=1S/C30H22Cl2N2O5/c31-21-5-3-6-22(32)25(21)26-19(27(39-33-26)16-8-9-16)15-38-17-10-11-24-20(14-17)30(12-13-30)29(37)34(24)23-7-2-1-4-18(23)28(35)36/h1-7,10-11,14,16H,8-9,12-13,15H2,(H,35,36). The Kier molecular flexibility index (Phi) is 5.51. The minimum absolute atomic E-state index is 0.0839. The number of anilines is 2. The highest BCUT2D eigenvalue weighted by atomic mass is 35.5. The zero-order valence-corrected chi connectivity index (χ0v) is 22.1. The number of carbonyl (C=O) groups is 2. The molecule has 7 nitrogen and oxygen atoms in total. The van der Waals surface area contributed by atoms with Gasteiger partial charge < -0.3 is 14.4 Å². The zero-order chi connectivity index (χ0) is 26.9. The van der Waals surface area contributed by atoms with E-state index in [2.05, 4.69) is 5.16 Å². The molecule has 7 rings (SSSR count). The SMILES string of the molecule is O=C(O)c1ccccc1N1C(=O)C2(CC2)c2cc(OCc3c(-c4c(Cl)cccc4Cl)noc3C3CC3)ccc21. The van der Waals surface area contributed by atoms with E-state index in [1.54, 1.807) is 42.5 Å². The van der Waals surface area contributed by atoms with Crippen LogP contribution in [0.15, 0.2) is 65.2 Å². The van der Waals surface area contributed by atoms with Crippen LogP contribution >= 0.6 is 23.2 Å². The quantitative estimate of drug-likeness (QED) is 0.251. The van der Waals surface area contributed by atoms with Crippen molar-refractivity contribution in [1.29, 1.82) is 0 Å². The smallest absolute Gasteiger partial charge is 0.337 e. The summed E-state index contributed by atoms with van der Waals surface area (Å²) >= 11 is 13.0. The molecule has 1 aromatic heterocycles. The second-order valence-corrected chi connectivity index (χ2v) is 11.1. The predicted molar refractivity (Wildman–Crippen MR) is 146 cm³/mol. The number of hydrogen-bond donors (Lipinski definition) is 1. The lowest BCUT2D eigenvalue weighted by molar-refractivity contribution is -0.119. The van der Waals surface area contributed by atoms with Gasteiger partial charge in [-0.1, -0.05) is 46.6 Å². The molecular formula is C30H22Cl2N2O5. The fraction of sp³-hybridized carbons (Fsp3) is 0.233. The maximum Gasteiger partial charge on any atom is 0.337 e. The number of benzene rings is 3. The summed E-state index contributed by atoms with van der Waals surface area (Å²) in [6.45, 7) is 0.192. The number of halogens is 2. The molecule has 2 saturated carbocycles. The summed E-state index contributed by atoms with van der Waals surface area (Å²) < 4.78 is 12.0. The van der Waals surface area contributed by atoms with E-state index in [1.807, 2.05) is 12.1 Å². The van der Waals surface area contributed by atoms with Gasteiger partial charge >= 0.3 is 5.97 Å². The number of aromatic nitrogens is 1. The van der Waals surface area contributed by atoms with Crippen LogP contribution in [-0.4, -0.2) is 22.1 Å². The van der Waals surface area contributed by atoms with Crippen LogP contribution in [0.5, 0.6) is 5.75 Å². The minimum atomic E-state index is -1.08. The maximum atomic E-state index is 13.6. The van der Waals surface area contributed by atoms with E-state index in [4.69, 9.17) is 32.5 Å². The number of para-hydroxylation sites is 1. The number of amides is 1. The third-order valence-electron chi connectivity index (χ3n) is 7.81. The molecule has 1 N–H and O–H groups in total. The first-order valence-electron chi connectivity index (χ1n) is 12.8. The van der Waals surface area contributed by atoms with Crippen molar-refractivity contribution in [2.45, 2.75) is 43.6 Å². The molecule has 0 saturated heterocycles. The van der Waals surface area contributed by atoms with Gasteiger partial charge in [0.15, 0.2) is 0 Å². The van der Waals surface area contributed by atoms with Crippen LogP contribution in [0, 0.1) is 0 Å². The number of carboxylic acids is 1. The van der Waals surface area contributed by atoms with Crippen LogP contribution < -0.4 is 9.64 Å². The van der Waals surface area contributed by atoms with E-state index >= 15 is 0 Å². The lowest BCUT2D eigenvalue weighted by atomic mass is 9.98. The number of rotatable bonds is 7. The highest BCUT2D eigenvalue weighted by Crippen LogP contribution is 2.60. The van der Waals surface area contributed by atoms with Crippen molar-refractivity contribution in [3.8, 4) is 17.0 Å². The summed E-state index contributed by atoms with van der Waals surface area (Å²) in [7, 11) is 0. The van der Waals surface area contributed by atoms with Crippen LogP contribution in [0.3, 0.4) is 0 Å². The van der Waals surface area contributed by atoms with Crippen LogP contribution in [-0.2, 0) is 16.8 Å². The molecule has 4 aromatic rings. The Hall–Kier alpha value is -3.81. The second-order valence-electron chi connectivity index (χ2n) is 10.3. The third-order valence-corrected chi connectivity index (χ3v) is 8.44. The van der Waals surface area contributed by atoms with E-state index in [0.717, 1.165) is 29.7 Å². The van der Waals surface area contributed by atoms with Gasteiger partial charge in [0.1, 0.15) is 23.8 Å². The first-order valence-corrected chi connectivity index (χ1v) is 13.5. The molecule has 39 heavy (non-hydrogen) atoms. The molecule has 2 aliphatic carbocycles. The van der Waals surface area contributed by atoms with Crippen molar-refractivity contribution in [3.63, 3.8) is 0 Å². The van der Waals surface area contributed by atoms with E-state index in [1.165, 1.54) is 11.0 Å². The van der Waals surface area contributed by atoms with E-state index in [9.17, 15) is 14.7 Å². The van der Waals surface area contributed by atoms with Crippen molar-refractivity contribution < 1.29 is 24.0 Å². The highest BCUT2D eigenvalue weighted by molar-refractivity contribution is 6.39. The molecule has 1 amide bonds. The molecule has 0 atom stereocenters. The van der Waals surface area contributed by atoms with Gasteiger partial charge in [-0.3, -0.25) is 9.69 Å². The fourth-order valence-corrected chi connectivity index (χ4v) is 6.10. The average molecular weight is 561 g/mol. The largest absolute Gasteiger partial charge is 0.489 e. The summed E-state index contributed by atoms with van der Waals surface area (Å²) in [6, 6.07) is 17.4. The van der Waals surface area contributed by atoms with E-state index in [0.29, 0.717) is 57.2 Å². The number of nitrogens with zero attached hydrogens (tertiary/aromatic N) is 2. The Labute approximate surface area is 233 Å². The van der Waals surface area contributed by atoms with Crippen LogP contribution in [0.1, 0.15) is 58.8 Å². The van der Waals surface area contributed by atoms with Gasteiger partial charge in [-0.2, -0.15) is 0 Å². The Bertz CT molecular complexity index is 1650. The van der Waals surface area contributed by atoms with Crippen molar-refractivity contribution in [2.75, 3.05) is 4.90 Å². The molecule has 196 valence electrons. The molecule has 1 aliphatic heterocycles. The monoisotopic (exact) mass is 560 g/mol. The Morgan fingerprint density at radius 3 is 2.49 bits per heavy atom. The number of fused-ring (bicyclic) bond motifs is 2. The van der Waals surface area contributed by atoms with Gasteiger partial charge in [0.2, 0.25) is 5.91 Å². The number of hydrogen-bond acceptors (Lipinski definition) is 5. The van der Waals surface area contributed by atoms with Gasteiger partial charge in [-0.15, -0.1) is 0 Å². The van der Waals surface area contributed by atoms with Crippen molar-refractivity contribution in [1.82, 2.24) is 5.16 Å². The summed E-state index contributed by atoms with van der Waals surface area (Å²) in [5, 5.41) is 15.0. The molecule has 2 heterocycles. The van der Waals surface area contributed by atoms with Crippen molar-refractivity contribution >= 4 is 46.5 Å². The minimum Gasteiger partial charge on any atom is -0.489 e. The van der Waals surface area contributed by atoms with Gasteiger partial charge in [0, 0.05) is 11.5 Å². The first-order chi connectivity index (χ1) is 18.9. The Morgan fingerprint density at radius 2 is 1.79 bits per heavy atom. The molecule has 0 radical (unpaired) electrons. The number of aromatic carboxylic acids is 1. The van der Waals surface area contributed by atoms with Gasteiger partial charge in [-0.05, 0) is 73.7 Å². The number of carboxylic acid groups (broad SMARTS) is 1. The normalized spacial score (nSPS) is 17.0. The average Bonchev–Trinajstić information content (AvgIpc) is 3.85. The number of carbonyl (C=O) groups excluding carboxylic acids is 1.